The van der Waals surface area contributed by atoms with Crippen molar-refractivity contribution in [3.63, 3.8) is 0 Å². The molecule has 44 heavy (non-hydrogen) atoms. The number of fused-ring (bicyclic) bond motifs is 6. The molecule has 5 aliphatic heterocycles. The van der Waals surface area contributed by atoms with E-state index in [4.69, 9.17) is 19.5 Å². The summed E-state index contributed by atoms with van der Waals surface area (Å²) < 4.78 is 5.85. The Kier molecular flexibility index (Phi) is 6.60. The van der Waals surface area contributed by atoms with Crippen LogP contribution < -0.4 is 10.6 Å². The van der Waals surface area contributed by atoms with E-state index in [0.29, 0.717) is 41.1 Å². The third kappa shape index (κ3) is 4.61. The molecular formula is C32H33N9O3. The Bertz CT molecular complexity index is 1720. The Hall–Kier alpha value is -4.68. The molecule has 3 N–H and O–H groups in total. The topological polar surface area (TPSA) is 145 Å². The molecule has 3 saturated heterocycles. The maximum Gasteiger partial charge on any atom is 0.263 e. The van der Waals surface area contributed by atoms with E-state index >= 15 is 0 Å². The molecule has 3 fully saturated rings. The summed E-state index contributed by atoms with van der Waals surface area (Å²) in [5, 5.41) is 21.4. The molecule has 224 valence electrons. The van der Waals surface area contributed by atoms with Gasteiger partial charge in [-0.25, -0.2) is 9.97 Å². The van der Waals surface area contributed by atoms with Gasteiger partial charge in [-0.1, -0.05) is 47.6 Å². The highest BCUT2D eigenvalue weighted by Crippen LogP contribution is 2.42. The number of anilines is 3. The van der Waals surface area contributed by atoms with Gasteiger partial charge in [0.25, 0.3) is 11.8 Å². The maximum atomic E-state index is 12.9. The SMILES string of the molecule is O=C1c2ccc(Nc3ncc(-c4nc(C56CCN(CC5)CC6)no4)c(N[C@H](CO)c4ccccc4)n3)nc2C2CC=CCN12. The number of hydrogen-bond acceptors (Lipinski definition) is 11. The minimum atomic E-state index is -0.434. The van der Waals surface area contributed by atoms with Gasteiger partial charge in [0.2, 0.25) is 5.95 Å². The van der Waals surface area contributed by atoms with Crippen LogP contribution in [0.5, 0.6) is 0 Å². The van der Waals surface area contributed by atoms with Crippen LogP contribution in [0.4, 0.5) is 17.6 Å². The van der Waals surface area contributed by atoms with Gasteiger partial charge in [-0.15, -0.1) is 0 Å². The number of nitrogens with one attached hydrogen (secondary N) is 2. The van der Waals surface area contributed by atoms with E-state index in [0.717, 1.165) is 62.4 Å². The highest BCUT2D eigenvalue weighted by molar-refractivity contribution is 5.99. The van der Waals surface area contributed by atoms with Gasteiger partial charge in [0.1, 0.15) is 17.2 Å². The quantitative estimate of drug-likeness (QED) is 0.256. The van der Waals surface area contributed by atoms with Crippen molar-refractivity contribution in [2.24, 2.45) is 0 Å². The molecule has 8 heterocycles. The number of aromatic nitrogens is 5. The Morgan fingerprint density at radius 2 is 1.82 bits per heavy atom. The Labute approximate surface area is 254 Å². The van der Waals surface area contributed by atoms with Gasteiger partial charge in [0.15, 0.2) is 5.82 Å². The summed E-state index contributed by atoms with van der Waals surface area (Å²) in [5.41, 5.74) is 2.78. The zero-order valence-corrected chi connectivity index (χ0v) is 24.2. The molecule has 1 amide bonds. The average molecular weight is 592 g/mol. The zero-order valence-electron chi connectivity index (χ0n) is 24.2. The molecule has 2 bridgehead atoms. The lowest BCUT2D eigenvalue weighted by Crippen LogP contribution is -2.51. The highest BCUT2D eigenvalue weighted by Gasteiger charge is 2.44. The standard InChI is InChI=1S/C32H33N9O3/c42-19-23(20-6-2-1-3-7-20)34-27-22(28-38-30(39-44-28)32-11-15-40(16-12-32)17-13-32)18-33-31(37-27)36-25-10-9-21-26(35-25)24-8-4-5-14-41(24)29(21)43/h1-7,9-10,18,23-24,42H,8,11-17,19H2,(H2,33,34,35,36,37)/t23-,24?/m1/s1. The molecule has 12 heteroatoms. The van der Waals surface area contributed by atoms with Crippen LogP contribution in [0.3, 0.4) is 0 Å². The minimum Gasteiger partial charge on any atom is -0.394 e. The first-order chi connectivity index (χ1) is 21.6. The van der Waals surface area contributed by atoms with Crippen molar-refractivity contribution >= 4 is 23.5 Å². The molecule has 1 aromatic carbocycles. The van der Waals surface area contributed by atoms with E-state index in [1.54, 1.807) is 12.3 Å². The third-order valence-corrected chi connectivity index (χ3v) is 9.51. The smallest absolute Gasteiger partial charge is 0.263 e. The highest BCUT2D eigenvalue weighted by atomic mass is 16.5. The number of aliphatic hydroxyl groups excluding tert-OH is 1. The largest absolute Gasteiger partial charge is 0.394 e. The van der Waals surface area contributed by atoms with Crippen molar-refractivity contribution < 1.29 is 14.4 Å². The maximum absolute atomic E-state index is 12.9. The summed E-state index contributed by atoms with van der Waals surface area (Å²) in [5.74, 6) is 2.36. The van der Waals surface area contributed by atoms with Gasteiger partial charge >= 0.3 is 0 Å². The average Bonchev–Trinajstić information content (AvgIpc) is 3.69. The van der Waals surface area contributed by atoms with Gasteiger partial charge in [0, 0.05) is 18.2 Å². The van der Waals surface area contributed by atoms with Crippen LogP contribution in [0.2, 0.25) is 0 Å². The van der Waals surface area contributed by atoms with Crippen LogP contribution in [-0.2, 0) is 5.41 Å². The first kappa shape index (κ1) is 26.9. The van der Waals surface area contributed by atoms with Gasteiger partial charge in [-0.05, 0) is 63.0 Å². The molecule has 12 nitrogen and oxygen atoms in total. The predicted molar refractivity (Wildman–Crippen MR) is 162 cm³/mol. The summed E-state index contributed by atoms with van der Waals surface area (Å²) in [6, 6.07) is 12.8. The summed E-state index contributed by atoms with van der Waals surface area (Å²) in [6.45, 7) is 3.59. The van der Waals surface area contributed by atoms with E-state index in [2.05, 4.69) is 31.8 Å². The monoisotopic (exact) mass is 591 g/mol. The number of rotatable bonds is 8. The second kappa shape index (κ2) is 10.8. The Morgan fingerprint density at radius 3 is 2.61 bits per heavy atom. The summed E-state index contributed by atoms with van der Waals surface area (Å²) in [7, 11) is 0. The number of aliphatic hydroxyl groups is 1. The molecule has 9 rings (SSSR count). The fourth-order valence-corrected chi connectivity index (χ4v) is 6.90. The molecule has 3 aromatic heterocycles. The number of nitrogens with zero attached hydrogens (tertiary/aromatic N) is 7. The normalized spacial score (nSPS) is 24.2. The van der Waals surface area contributed by atoms with Crippen LogP contribution in [0.1, 0.15) is 65.2 Å². The van der Waals surface area contributed by atoms with Crippen molar-refractivity contribution in [1.82, 2.24) is 34.9 Å². The second-order valence-corrected chi connectivity index (χ2v) is 12.0. The molecule has 2 atom stereocenters. The number of piperidine rings is 3. The Balaban J connectivity index is 1.13. The third-order valence-electron chi connectivity index (χ3n) is 9.51. The summed E-state index contributed by atoms with van der Waals surface area (Å²) >= 11 is 0. The van der Waals surface area contributed by atoms with E-state index < -0.39 is 6.04 Å². The predicted octanol–water partition coefficient (Wildman–Crippen LogP) is 4.00. The summed E-state index contributed by atoms with van der Waals surface area (Å²) in [4.78, 5) is 36.3. The van der Waals surface area contributed by atoms with Gasteiger partial charge in [-0.2, -0.15) is 9.97 Å². The number of carbonyl (C=O) groups excluding carboxylic acids is 1. The van der Waals surface area contributed by atoms with Gasteiger partial charge in [0.05, 0.1) is 29.9 Å². The summed E-state index contributed by atoms with van der Waals surface area (Å²) in [6.07, 6.45) is 9.56. The molecule has 0 saturated carbocycles. The second-order valence-electron chi connectivity index (χ2n) is 12.0. The fourth-order valence-electron chi connectivity index (χ4n) is 6.90. The van der Waals surface area contributed by atoms with Crippen LogP contribution in [0, 0.1) is 0 Å². The zero-order chi connectivity index (χ0) is 29.7. The van der Waals surface area contributed by atoms with Crippen molar-refractivity contribution in [3.8, 4) is 11.5 Å². The van der Waals surface area contributed by atoms with Crippen LogP contribution >= 0.6 is 0 Å². The number of pyridine rings is 1. The first-order valence-corrected chi connectivity index (χ1v) is 15.2. The number of amides is 1. The fraction of sp³-hybridized carbons (Fsp3) is 0.375. The van der Waals surface area contributed by atoms with E-state index in [-0.39, 0.29) is 24.0 Å². The van der Waals surface area contributed by atoms with Crippen LogP contribution in [-0.4, -0.2) is 78.7 Å². The lowest BCUT2D eigenvalue weighted by atomic mass is 9.71. The number of hydrogen-bond donors (Lipinski definition) is 3. The van der Waals surface area contributed by atoms with Crippen LogP contribution in [0.25, 0.3) is 11.5 Å². The lowest BCUT2D eigenvalue weighted by Gasteiger charge is -2.46. The Morgan fingerprint density at radius 1 is 1.00 bits per heavy atom. The molecule has 1 unspecified atom stereocenters. The molecule has 5 aliphatic rings. The lowest BCUT2D eigenvalue weighted by molar-refractivity contribution is 0.0740. The molecule has 0 aliphatic carbocycles. The van der Waals surface area contributed by atoms with Gasteiger partial charge in [-0.3, -0.25) is 4.79 Å². The van der Waals surface area contributed by atoms with Crippen molar-refractivity contribution in [2.75, 3.05) is 43.4 Å². The van der Waals surface area contributed by atoms with Crippen LogP contribution in [0.15, 0.2) is 65.3 Å². The van der Waals surface area contributed by atoms with Gasteiger partial charge < -0.3 is 30.1 Å². The number of benzene rings is 1. The first-order valence-electron chi connectivity index (χ1n) is 15.2. The minimum absolute atomic E-state index is 0.00805. The molecule has 4 aromatic rings. The molecule has 0 radical (unpaired) electrons. The van der Waals surface area contributed by atoms with Crippen molar-refractivity contribution in [3.05, 3.63) is 83.5 Å². The van der Waals surface area contributed by atoms with Crippen molar-refractivity contribution in [2.45, 2.75) is 43.2 Å². The molecular weight excluding hydrogens is 558 g/mol. The molecule has 0 spiro atoms. The van der Waals surface area contributed by atoms with E-state index in [1.165, 1.54) is 0 Å². The van der Waals surface area contributed by atoms with E-state index in [9.17, 15) is 9.90 Å². The number of carbonyl (C=O) groups is 1. The van der Waals surface area contributed by atoms with E-state index in [1.807, 2.05) is 47.4 Å². The van der Waals surface area contributed by atoms with Crippen molar-refractivity contribution in [1.29, 1.82) is 0 Å².